The van der Waals surface area contributed by atoms with Crippen LogP contribution in [-0.2, 0) is 13.0 Å². The number of guanidine groups is 1. The molecule has 2 amide bonds. The molecule has 13 heteroatoms. The van der Waals surface area contributed by atoms with Crippen LogP contribution in [0.5, 0.6) is 0 Å². The van der Waals surface area contributed by atoms with Crippen molar-refractivity contribution in [1.29, 1.82) is 0 Å². The molecule has 3 aromatic rings. The first-order valence-electron chi connectivity index (χ1n) is 17.0. The number of nitrogens with zero attached hydrogens (tertiary/aromatic N) is 5. The van der Waals surface area contributed by atoms with Crippen LogP contribution in [0.3, 0.4) is 0 Å². The summed E-state index contributed by atoms with van der Waals surface area (Å²) < 4.78 is 1.77. The van der Waals surface area contributed by atoms with Crippen LogP contribution in [0.1, 0.15) is 53.0 Å². The second-order valence-corrected chi connectivity index (χ2v) is 15.3. The van der Waals surface area contributed by atoms with E-state index in [4.69, 9.17) is 38.9 Å². The summed E-state index contributed by atoms with van der Waals surface area (Å²) >= 11 is 12.6. The molecule has 0 spiro atoms. The minimum absolute atomic E-state index is 0.0995. The van der Waals surface area contributed by atoms with Crippen molar-refractivity contribution in [3.63, 3.8) is 0 Å². The van der Waals surface area contributed by atoms with Gasteiger partial charge in [0.25, 0.3) is 5.56 Å². The summed E-state index contributed by atoms with van der Waals surface area (Å²) in [6.45, 7) is 15.1. The number of nitrogens with two attached hydrogens (primary N) is 1. The van der Waals surface area contributed by atoms with E-state index in [-0.39, 0.29) is 11.6 Å². The van der Waals surface area contributed by atoms with Gasteiger partial charge in [0.1, 0.15) is 0 Å². The van der Waals surface area contributed by atoms with Gasteiger partial charge in [0.2, 0.25) is 11.9 Å². The number of piperazine rings is 1. The summed E-state index contributed by atoms with van der Waals surface area (Å²) in [5, 5.41) is 4.99. The van der Waals surface area contributed by atoms with Gasteiger partial charge in [0.15, 0.2) is 0 Å². The van der Waals surface area contributed by atoms with Gasteiger partial charge in [-0.2, -0.15) is 0 Å². The van der Waals surface area contributed by atoms with E-state index in [0.717, 1.165) is 38.2 Å². The third-order valence-corrected chi connectivity index (χ3v) is 11.6. The average Bonchev–Trinajstić information content (AvgIpc) is 3.04. The fraction of sp³-hybridized carbons (Fsp3) is 0.543. The van der Waals surface area contributed by atoms with Gasteiger partial charge in [-0.3, -0.25) is 19.7 Å². The molecular formula is C35H47Cl2N9O2. The summed E-state index contributed by atoms with van der Waals surface area (Å²) in [4.78, 5) is 40.5. The van der Waals surface area contributed by atoms with Crippen LogP contribution in [0.15, 0.2) is 46.2 Å². The van der Waals surface area contributed by atoms with Gasteiger partial charge in [-0.15, -0.1) is 0 Å². The fourth-order valence-corrected chi connectivity index (χ4v) is 8.44. The van der Waals surface area contributed by atoms with E-state index in [2.05, 4.69) is 60.6 Å². The molecule has 1 aromatic heterocycles. The smallest absolute Gasteiger partial charge is 0.330 e. The topological polar surface area (TPSA) is 133 Å². The first-order chi connectivity index (χ1) is 22.8. The number of hydrogen-bond donors (Lipinski definition) is 4. The van der Waals surface area contributed by atoms with Gasteiger partial charge in [-0.05, 0) is 92.2 Å². The number of nitrogens with one attached hydrogen (secondary N) is 3. The zero-order valence-electron chi connectivity index (χ0n) is 28.4. The first-order valence-corrected chi connectivity index (χ1v) is 17.7. The number of carbonyl (C=O) groups excluding carboxylic acids is 1. The van der Waals surface area contributed by atoms with E-state index < -0.39 is 6.03 Å². The molecule has 11 nitrogen and oxygen atoms in total. The minimum Gasteiger partial charge on any atom is -0.350 e. The second-order valence-electron chi connectivity index (χ2n) is 14.4. The van der Waals surface area contributed by atoms with Gasteiger partial charge in [-0.25, -0.2) is 20.2 Å². The number of carbonyl (C=O) groups is 1. The van der Waals surface area contributed by atoms with Gasteiger partial charge in [0, 0.05) is 54.5 Å². The molecule has 2 heterocycles. The van der Waals surface area contributed by atoms with E-state index in [1.54, 1.807) is 16.7 Å². The molecule has 4 aliphatic rings. The van der Waals surface area contributed by atoms with Crippen LogP contribution in [0.2, 0.25) is 10.0 Å². The number of hydrogen-bond acceptors (Lipinski definition) is 6. The summed E-state index contributed by atoms with van der Waals surface area (Å²) in [7, 11) is 0. The monoisotopic (exact) mass is 695 g/mol. The lowest BCUT2D eigenvalue weighted by molar-refractivity contribution is -0.108. The second kappa shape index (κ2) is 13.8. The molecule has 5 N–H and O–H groups in total. The summed E-state index contributed by atoms with van der Waals surface area (Å²) in [5.74, 6) is 2.66. The summed E-state index contributed by atoms with van der Waals surface area (Å²) in [6.07, 6.45) is 2.78. The number of aryl methyl sites for hydroxylation is 1. The van der Waals surface area contributed by atoms with E-state index >= 15 is 0 Å². The van der Waals surface area contributed by atoms with Crippen molar-refractivity contribution in [1.82, 2.24) is 25.3 Å². The van der Waals surface area contributed by atoms with E-state index in [1.807, 2.05) is 24.3 Å². The maximum absolute atomic E-state index is 14.1. The standard InChI is InChI=1S/C35H47Cl2N9O2/c1-20(2)44-12-14-45(15-13-44)34-41-30-19-25(8-9-26(30)31(47)46(34)11-10-22-6-7-24(36)18-28(22)37)39-33(43-42-32(38)48)40-29-17-23-16-27(21(29)3)35(23,4)5/h6-9,18-21,23,27,29H,10-17H2,1-5H3,(H3,38,42,48)(H2,39,40,43)/t21-,23-,27?,29-/m0/s1. The maximum atomic E-state index is 14.1. The van der Waals surface area contributed by atoms with Crippen LogP contribution in [-0.4, -0.2) is 64.7 Å². The lowest BCUT2D eigenvalue weighted by atomic mass is 9.45. The molecule has 1 saturated heterocycles. The van der Waals surface area contributed by atoms with Crippen molar-refractivity contribution in [2.75, 3.05) is 36.4 Å². The zero-order chi connectivity index (χ0) is 34.3. The number of fused-ring (bicyclic) bond motifs is 3. The minimum atomic E-state index is -0.715. The number of halogens is 2. The Labute approximate surface area is 292 Å². The Morgan fingerprint density at radius 3 is 2.48 bits per heavy atom. The molecule has 1 aliphatic heterocycles. The van der Waals surface area contributed by atoms with E-state index in [0.29, 0.717) is 80.7 Å². The Morgan fingerprint density at radius 2 is 1.83 bits per heavy atom. The Hall–Kier alpha value is -3.54. The van der Waals surface area contributed by atoms with Crippen LogP contribution in [0, 0.1) is 23.2 Å². The van der Waals surface area contributed by atoms with Gasteiger partial charge in [0.05, 0.1) is 16.9 Å². The molecule has 7 rings (SSSR count). The number of primary amides is 1. The number of aliphatic imine (C=N–C) groups is 1. The highest BCUT2D eigenvalue weighted by atomic mass is 35.5. The maximum Gasteiger partial charge on any atom is 0.330 e. The highest BCUT2D eigenvalue weighted by Gasteiger charge is 2.56. The molecule has 1 unspecified atom stereocenters. The molecule has 258 valence electrons. The quantitative estimate of drug-likeness (QED) is 0.146. The number of aromatic nitrogens is 2. The van der Waals surface area contributed by atoms with Gasteiger partial charge in [-0.1, -0.05) is 50.0 Å². The van der Waals surface area contributed by atoms with Crippen LogP contribution in [0.4, 0.5) is 16.4 Å². The molecule has 4 atom stereocenters. The summed E-state index contributed by atoms with van der Waals surface area (Å²) in [5.41, 5.74) is 13.1. The SMILES string of the molecule is CC(C)N1CCN(c2nc3cc(NC(=N[C@H]4C[C@@H]5CC([C@@H]4C)C5(C)C)NNC(N)=O)ccc3c(=O)n2CCc2ccc(Cl)cc2Cl)CC1. The number of anilines is 2. The van der Waals surface area contributed by atoms with Gasteiger partial charge < -0.3 is 16.0 Å². The van der Waals surface area contributed by atoms with E-state index in [1.165, 1.54) is 6.42 Å². The largest absolute Gasteiger partial charge is 0.350 e. The number of hydrazine groups is 1. The van der Waals surface area contributed by atoms with Crippen molar-refractivity contribution in [2.24, 2.45) is 33.9 Å². The third kappa shape index (κ3) is 6.95. The number of amides is 2. The first kappa shape index (κ1) is 34.3. The predicted molar refractivity (Wildman–Crippen MR) is 195 cm³/mol. The number of benzene rings is 2. The molecule has 2 aromatic carbocycles. The highest BCUT2D eigenvalue weighted by molar-refractivity contribution is 6.35. The highest BCUT2D eigenvalue weighted by Crippen LogP contribution is 2.61. The fourth-order valence-electron chi connectivity index (χ4n) is 7.94. The zero-order valence-corrected chi connectivity index (χ0v) is 29.9. The number of urea groups is 1. The molecule has 2 bridgehead atoms. The Morgan fingerprint density at radius 1 is 1.08 bits per heavy atom. The van der Waals surface area contributed by atoms with Gasteiger partial charge >= 0.3 is 6.03 Å². The average molecular weight is 697 g/mol. The molecular weight excluding hydrogens is 649 g/mol. The van der Waals surface area contributed by atoms with Crippen LogP contribution >= 0.6 is 23.2 Å². The van der Waals surface area contributed by atoms with Crippen molar-refractivity contribution in [3.05, 3.63) is 62.4 Å². The Bertz CT molecular complexity index is 1770. The Kier molecular flexibility index (Phi) is 9.84. The third-order valence-electron chi connectivity index (χ3n) is 11.1. The predicted octanol–water partition coefficient (Wildman–Crippen LogP) is 5.49. The van der Waals surface area contributed by atoms with Crippen molar-refractivity contribution < 1.29 is 4.79 Å². The lowest BCUT2D eigenvalue weighted by Gasteiger charge is -2.61. The van der Waals surface area contributed by atoms with E-state index in [9.17, 15) is 9.59 Å². The molecule has 3 aliphatic carbocycles. The van der Waals surface area contributed by atoms with Crippen molar-refractivity contribution in [2.45, 2.75) is 72.5 Å². The molecule has 4 fully saturated rings. The molecule has 48 heavy (non-hydrogen) atoms. The number of rotatable bonds is 7. The molecule has 0 radical (unpaired) electrons. The Balaban J connectivity index is 1.31. The lowest BCUT2D eigenvalue weighted by Crippen LogP contribution is -2.57. The van der Waals surface area contributed by atoms with Crippen molar-refractivity contribution >= 4 is 57.7 Å². The normalized spacial score (nSPS) is 24.0. The van der Waals surface area contributed by atoms with Crippen molar-refractivity contribution in [3.8, 4) is 0 Å². The van der Waals surface area contributed by atoms with Crippen LogP contribution in [0.25, 0.3) is 10.9 Å². The molecule has 3 saturated carbocycles. The summed E-state index contributed by atoms with van der Waals surface area (Å²) in [6, 6.07) is 10.8. The van der Waals surface area contributed by atoms with Crippen LogP contribution < -0.4 is 32.4 Å².